The van der Waals surface area contributed by atoms with E-state index in [9.17, 15) is 0 Å². The average Bonchev–Trinajstić information content (AvgIpc) is 2.79. The summed E-state index contributed by atoms with van der Waals surface area (Å²) in [7, 11) is 0. The van der Waals surface area contributed by atoms with E-state index in [1.54, 1.807) is 0 Å². The lowest BCUT2D eigenvalue weighted by atomic mass is 10.2. The Labute approximate surface area is 96.9 Å². The molecule has 0 unspecified atom stereocenters. The fourth-order valence-corrected chi connectivity index (χ4v) is 1.77. The van der Waals surface area contributed by atoms with Crippen molar-refractivity contribution in [1.29, 1.82) is 0 Å². The number of hydrogen-bond acceptors (Lipinski definition) is 1. The van der Waals surface area contributed by atoms with Crippen LogP contribution in [0.3, 0.4) is 0 Å². The van der Waals surface area contributed by atoms with Crippen LogP contribution in [0.15, 0.2) is 42.6 Å². The molecule has 84 valence electrons. The maximum Gasteiger partial charge on any atom is 0.0923 e. The predicted octanol–water partition coefficient (Wildman–Crippen LogP) is 3.74. The van der Waals surface area contributed by atoms with E-state index in [4.69, 9.17) is 0 Å². The first-order valence-corrected chi connectivity index (χ1v) is 5.99. The van der Waals surface area contributed by atoms with E-state index in [1.807, 2.05) is 22.9 Å². The molecule has 16 heavy (non-hydrogen) atoms. The SMILES string of the molecule is CCCCCn1ccc(-c2ccccc2)n1. The zero-order valence-electron chi connectivity index (χ0n) is 9.76. The van der Waals surface area contributed by atoms with Crippen molar-refractivity contribution < 1.29 is 0 Å². The van der Waals surface area contributed by atoms with Crippen molar-refractivity contribution in [2.24, 2.45) is 0 Å². The number of aryl methyl sites for hydroxylation is 1. The first-order chi connectivity index (χ1) is 7.90. The molecule has 0 amide bonds. The highest BCUT2D eigenvalue weighted by Crippen LogP contribution is 2.15. The molecule has 0 aliphatic heterocycles. The number of benzene rings is 1. The fraction of sp³-hybridized carbons (Fsp3) is 0.357. The topological polar surface area (TPSA) is 17.8 Å². The number of aromatic nitrogens is 2. The fourth-order valence-electron chi connectivity index (χ4n) is 1.77. The highest BCUT2D eigenvalue weighted by atomic mass is 15.3. The summed E-state index contributed by atoms with van der Waals surface area (Å²) < 4.78 is 2.04. The Bertz CT molecular complexity index is 417. The second-order valence-corrected chi connectivity index (χ2v) is 4.04. The van der Waals surface area contributed by atoms with Crippen molar-refractivity contribution in [3.63, 3.8) is 0 Å². The maximum atomic E-state index is 4.57. The van der Waals surface area contributed by atoms with E-state index < -0.39 is 0 Å². The zero-order valence-corrected chi connectivity index (χ0v) is 9.76. The molecule has 0 aliphatic carbocycles. The van der Waals surface area contributed by atoms with Crippen LogP contribution in [-0.4, -0.2) is 9.78 Å². The highest BCUT2D eigenvalue weighted by Gasteiger charge is 2.00. The summed E-state index contributed by atoms with van der Waals surface area (Å²) in [5, 5.41) is 4.57. The van der Waals surface area contributed by atoms with Crippen molar-refractivity contribution in [1.82, 2.24) is 9.78 Å². The molecule has 0 spiro atoms. The molecule has 2 aromatic rings. The molecule has 0 saturated carbocycles. The van der Waals surface area contributed by atoms with Crippen molar-refractivity contribution in [3.05, 3.63) is 42.6 Å². The molecular formula is C14H18N2. The minimum Gasteiger partial charge on any atom is -0.272 e. The Morgan fingerprint density at radius 2 is 1.88 bits per heavy atom. The van der Waals surface area contributed by atoms with Crippen LogP contribution in [0, 0.1) is 0 Å². The smallest absolute Gasteiger partial charge is 0.0923 e. The standard InChI is InChI=1S/C14H18N2/c1-2-3-7-11-16-12-10-14(15-16)13-8-5-4-6-9-13/h4-6,8-10,12H,2-3,7,11H2,1H3. The largest absolute Gasteiger partial charge is 0.272 e. The monoisotopic (exact) mass is 214 g/mol. The molecule has 2 nitrogen and oxygen atoms in total. The Hall–Kier alpha value is -1.57. The third-order valence-corrected chi connectivity index (χ3v) is 2.70. The molecule has 1 aromatic heterocycles. The van der Waals surface area contributed by atoms with Gasteiger partial charge in [0.2, 0.25) is 0 Å². The van der Waals surface area contributed by atoms with E-state index in [0.29, 0.717) is 0 Å². The predicted molar refractivity (Wildman–Crippen MR) is 67.2 cm³/mol. The summed E-state index contributed by atoms with van der Waals surface area (Å²) in [6.07, 6.45) is 5.82. The number of rotatable bonds is 5. The van der Waals surface area contributed by atoms with Gasteiger partial charge in [0.15, 0.2) is 0 Å². The molecule has 2 rings (SSSR count). The molecule has 2 heteroatoms. The van der Waals surface area contributed by atoms with E-state index in [2.05, 4.69) is 36.4 Å². The van der Waals surface area contributed by atoms with Crippen LogP contribution in [-0.2, 0) is 6.54 Å². The Morgan fingerprint density at radius 3 is 2.62 bits per heavy atom. The van der Waals surface area contributed by atoms with Gasteiger partial charge in [-0.1, -0.05) is 50.1 Å². The molecule has 0 fully saturated rings. The lowest BCUT2D eigenvalue weighted by Crippen LogP contribution is -1.98. The Kier molecular flexibility index (Phi) is 3.76. The summed E-state index contributed by atoms with van der Waals surface area (Å²) in [4.78, 5) is 0. The highest BCUT2D eigenvalue weighted by molar-refractivity contribution is 5.57. The Morgan fingerprint density at radius 1 is 1.06 bits per heavy atom. The van der Waals surface area contributed by atoms with Gasteiger partial charge in [-0.2, -0.15) is 5.10 Å². The minimum absolute atomic E-state index is 1.03. The summed E-state index contributed by atoms with van der Waals surface area (Å²) in [6.45, 7) is 3.25. The van der Waals surface area contributed by atoms with Gasteiger partial charge in [-0.15, -0.1) is 0 Å². The van der Waals surface area contributed by atoms with Crippen LogP contribution in [0.2, 0.25) is 0 Å². The van der Waals surface area contributed by atoms with Crippen molar-refractivity contribution in [2.75, 3.05) is 0 Å². The normalized spacial score (nSPS) is 10.6. The van der Waals surface area contributed by atoms with Crippen molar-refractivity contribution in [2.45, 2.75) is 32.7 Å². The van der Waals surface area contributed by atoms with Crippen LogP contribution < -0.4 is 0 Å². The third-order valence-electron chi connectivity index (χ3n) is 2.70. The van der Waals surface area contributed by atoms with Gasteiger partial charge >= 0.3 is 0 Å². The van der Waals surface area contributed by atoms with Gasteiger partial charge < -0.3 is 0 Å². The molecule has 0 aliphatic rings. The molecule has 0 bridgehead atoms. The van der Waals surface area contributed by atoms with Gasteiger partial charge in [-0.25, -0.2) is 0 Å². The average molecular weight is 214 g/mol. The lowest BCUT2D eigenvalue weighted by molar-refractivity contribution is 0.554. The molecule has 0 atom stereocenters. The summed E-state index contributed by atoms with van der Waals surface area (Å²) in [5.41, 5.74) is 2.26. The summed E-state index contributed by atoms with van der Waals surface area (Å²) >= 11 is 0. The van der Waals surface area contributed by atoms with Gasteiger partial charge in [0.25, 0.3) is 0 Å². The van der Waals surface area contributed by atoms with E-state index >= 15 is 0 Å². The van der Waals surface area contributed by atoms with Crippen LogP contribution in [0.4, 0.5) is 0 Å². The lowest BCUT2D eigenvalue weighted by Gasteiger charge is -2.00. The second kappa shape index (κ2) is 5.50. The van der Waals surface area contributed by atoms with Crippen LogP contribution >= 0.6 is 0 Å². The molecule has 1 aromatic carbocycles. The van der Waals surface area contributed by atoms with Gasteiger partial charge in [-0.05, 0) is 12.5 Å². The number of hydrogen-bond donors (Lipinski definition) is 0. The van der Waals surface area contributed by atoms with Gasteiger partial charge in [0.1, 0.15) is 0 Å². The summed E-state index contributed by atoms with van der Waals surface area (Å²) in [6, 6.07) is 12.4. The number of nitrogens with zero attached hydrogens (tertiary/aromatic N) is 2. The van der Waals surface area contributed by atoms with Crippen molar-refractivity contribution >= 4 is 0 Å². The molecule has 1 heterocycles. The van der Waals surface area contributed by atoms with Crippen LogP contribution in [0.25, 0.3) is 11.3 Å². The number of unbranched alkanes of at least 4 members (excludes halogenated alkanes) is 2. The zero-order chi connectivity index (χ0) is 11.2. The third kappa shape index (κ3) is 2.72. The van der Waals surface area contributed by atoms with E-state index in [-0.39, 0.29) is 0 Å². The molecule has 0 N–H and O–H groups in total. The molecule has 0 radical (unpaired) electrons. The molecule has 0 saturated heterocycles. The van der Waals surface area contributed by atoms with Gasteiger partial charge in [0, 0.05) is 18.3 Å². The summed E-state index contributed by atoms with van der Waals surface area (Å²) in [5.74, 6) is 0. The van der Waals surface area contributed by atoms with Gasteiger partial charge in [-0.3, -0.25) is 4.68 Å². The Balaban J connectivity index is 2.02. The minimum atomic E-state index is 1.03. The van der Waals surface area contributed by atoms with Crippen LogP contribution in [0.1, 0.15) is 26.2 Å². The maximum absolute atomic E-state index is 4.57. The first kappa shape index (κ1) is 10.9. The van der Waals surface area contributed by atoms with Gasteiger partial charge in [0.05, 0.1) is 5.69 Å². The molecular weight excluding hydrogens is 196 g/mol. The van der Waals surface area contributed by atoms with E-state index in [0.717, 1.165) is 12.2 Å². The van der Waals surface area contributed by atoms with E-state index in [1.165, 1.54) is 24.8 Å². The first-order valence-electron chi connectivity index (χ1n) is 5.99. The quantitative estimate of drug-likeness (QED) is 0.693. The van der Waals surface area contributed by atoms with Crippen LogP contribution in [0.5, 0.6) is 0 Å². The second-order valence-electron chi connectivity index (χ2n) is 4.04. The van der Waals surface area contributed by atoms with Crippen molar-refractivity contribution in [3.8, 4) is 11.3 Å².